The molecule has 0 atom stereocenters. The van der Waals surface area contributed by atoms with Gasteiger partial charge in [0, 0.05) is 4.47 Å². The number of amides is 1. The Kier molecular flexibility index (Phi) is 3.54. The predicted octanol–water partition coefficient (Wildman–Crippen LogP) is 2.88. The molecule has 0 aromatic heterocycles. The number of aromatic carboxylic acids is 1. The third kappa shape index (κ3) is 2.31. The van der Waals surface area contributed by atoms with E-state index in [-0.39, 0.29) is 12.1 Å². The van der Waals surface area contributed by atoms with Gasteiger partial charge in [-0.2, -0.15) is 0 Å². The van der Waals surface area contributed by atoms with Gasteiger partial charge in [-0.15, -0.1) is 0 Å². The van der Waals surface area contributed by atoms with E-state index in [0.717, 1.165) is 4.47 Å². The minimum Gasteiger partial charge on any atom is -0.478 e. The molecule has 0 aliphatic carbocycles. The van der Waals surface area contributed by atoms with Crippen LogP contribution in [0.25, 0.3) is 0 Å². The first-order chi connectivity index (χ1) is 10.5. The Morgan fingerprint density at radius 2 is 1.86 bits per heavy atom. The molecule has 2 aromatic rings. The van der Waals surface area contributed by atoms with Crippen LogP contribution in [0.4, 0.5) is 5.69 Å². The van der Waals surface area contributed by atoms with E-state index in [1.165, 1.54) is 11.0 Å². The average molecular weight is 360 g/mol. The van der Waals surface area contributed by atoms with Crippen LogP contribution in [0.2, 0.25) is 0 Å². The normalized spacial score (nSPS) is 13.4. The van der Waals surface area contributed by atoms with E-state index in [1.807, 2.05) is 0 Å². The van der Waals surface area contributed by atoms with E-state index in [0.29, 0.717) is 16.8 Å². The van der Waals surface area contributed by atoms with Crippen LogP contribution < -0.4 is 4.90 Å². The number of fused-ring (bicyclic) bond motifs is 1. The first kappa shape index (κ1) is 14.5. The molecule has 0 bridgehead atoms. The summed E-state index contributed by atoms with van der Waals surface area (Å²) in [6, 6.07) is 11.4. The molecule has 2 aromatic carbocycles. The SMILES string of the molecule is O=C(O)c1ccccc1CN1C(=O)C(=O)c2ccc(Br)cc21. The lowest BCUT2D eigenvalue weighted by molar-refractivity contribution is -0.114. The van der Waals surface area contributed by atoms with Crippen LogP contribution in [0.5, 0.6) is 0 Å². The zero-order valence-electron chi connectivity index (χ0n) is 11.2. The Hall–Kier alpha value is -2.47. The van der Waals surface area contributed by atoms with Gasteiger partial charge in [0.15, 0.2) is 0 Å². The Labute approximate surface area is 134 Å². The Bertz CT molecular complexity index is 816. The van der Waals surface area contributed by atoms with E-state index in [4.69, 9.17) is 0 Å². The molecule has 1 aliphatic heterocycles. The van der Waals surface area contributed by atoms with E-state index in [1.54, 1.807) is 36.4 Å². The van der Waals surface area contributed by atoms with E-state index in [9.17, 15) is 19.5 Å². The smallest absolute Gasteiger partial charge is 0.336 e. The Morgan fingerprint density at radius 1 is 1.14 bits per heavy atom. The number of Topliss-reactive ketones (excluding diaryl/α,β-unsaturated/α-hetero) is 1. The molecule has 5 nitrogen and oxygen atoms in total. The van der Waals surface area contributed by atoms with Gasteiger partial charge in [0.25, 0.3) is 11.7 Å². The molecule has 1 heterocycles. The number of rotatable bonds is 3. The van der Waals surface area contributed by atoms with Crippen LogP contribution in [0.3, 0.4) is 0 Å². The van der Waals surface area contributed by atoms with E-state index >= 15 is 0 Å². The second-order valence-electron chi connectivity index (χ2n) is 4.84. The minimum atomic E-state index is -1.07. The van der Waals surface area contributed by atoms with Crippen molar-refractivity contribution in [1.82, 2.24) is 0 Å². The number of hydrogen-bond acceptors (Lipinski definition) is 3. The van der Waals surface area contributed by atoms with Gasteiger partial charge in [-0.05, 0) is 29.8 Å². The van der Waals surface area contributed by atoms with E-state index in [2.05, 4.69) is 15.9 Å². The number of nitrogens with zero attached hydrogens (tertiary/aromatic N) is 1. The van der Waals surface area contributed by atoms with Crippen LogP contribution in [-0.2, 0) is 11.3 Å². The second-order valence-corrected chi connectivity index (χ2v) is 5.76. The van der Waals surface area contributed by atoms with Gasteiger partial charge < -0.3 is 10.0 Å². The summed E-state index contributed by atoms with van der Waals surface area (Å²) in [7, 11) is 0. The molecule has 0 fully saturated rings. The van der Waals surface area contributed by atoms with Crippen LogP contribution >= 0.6 is 15.9 Å². The highest BCUT2D eigenvalue weighted by molar-refractivity contribution is 9.10. The van der Waals surface area contributed by atoms with Crippen LogP contribution in [0, 0.1) is 0 Å². The van der Waals surface area contributed by atoms with Crippen molar-refractivity contribution in [2.75, 3.05) is 4.90 Å². The van der Waals surface area contributed by atoms with Crippen molar-refractivity contribution in [3.05, 3.63) is 63.6 Å². The van der Waals surface area contributed by atoms with Crippen molar-refractivity contribution in [3.8, 4) is 0 Å². The number of carboxylic acids is 1. The molecular weight excluding hydrogens is 350 g/mol. The summed E-state index contributed by atoms with van der Waals surface area (Å²) in [5.74, 6) is -2.29. The summed E-state index contributed by atoms with van der Waals surface area (Å²) in [6.07, 6.45) is 0. The van der Waals surface area contributed by atoms with Gasteiger partial charge in [-0.1, -0.05) is 34.1 Å². The molecule has 0 spiro atoms. The lowest BCUT2D eigenvalue weighted by Crippen LogP contribution is -2.29. The maximum absolute atomic E-state index is 12.2. The number of anilines is 1. The first-order valence-corrected chi connectivity index (χ1v) is 7.25. The molecule has 0 unspecified atom stereocenters. The molecule has 0 saturated carbocycles. The number of halogens is 1. The monoisotopic (exact) mass is 359 g/mol. The molecule has 1 aliphatic rings. The van der Waals surface area contributed by atoms with Crippen molar-refractivity contribution < 1.29 is 19.5 Å². The van der Waals surface area contributed by atoms with Crippen LogP contribution in [0.1, 0.15) is 26.3 Å². The fourth-order valence-corrected chi connectivity index (χ4v) is 2.81. The van der Waals surface area contributed by atoms with Crippen molar-refractivity contribution in [2.24, 2.45) is 0 Å². The van der Waals surface area contributed by atoms with Crippen molar-refractivity contribution in [2.45, 2.75) is 6.54 Å². The summed E-state index contributed by atoms with van der Waals surface area (Å²) >= 11 is 3.31. The van der Waals surface area contributed by atoms with Gasteiger partial charge in [-0.25, -0.2) is 4.79 Å². The van der Waals surface area contributed by atoms with Gasteiger partial charge in [0.2, 0.25) is 0 Å². The maximum atomic E-state index is 12.2. The molecule has 1 amide bonds. The lowest BCUT2D eigenvalue weighted by Gasteiger charge is -2.18. The second kappa shape index (κ2) is 5.38. The van der Waals surface area contributed by atoms with Gasteiger partial charge in [0.1, 0.15) is 0 Å². The van der Waals surface area contributed by atoms with E-state index < -0.39 is 17.7 Å². The lowest BCUT2D eigenvalue weighted by atomic mass is 10.1. The first-order valence-electron chi connectivity index (χ1n) is 6.46. The van der Waals surface area contributed by atoms with Crippen LogP contribution in [-0.4, -0.2) is 22.8 Å². The zero-order valence-corrected chi connectivity index (χ0v) is 12.8. The number of carboxylic acid groups (broad SMARTS) is 1. The molecule has 1 N–H and O–H groups in total. The summed E-state index contributed by atoms with van der Waals surface area (Å²) in [4.78, 5) is 36.8. The van der Waals surface area contributed by atoms with Gasteiger partial charge in [-0.3, -0.25) is 9.59 Å². The average Bonchev–Trinajstić information content (AvgIpc) is 2.72. The van der Waals surface area contributed by atoms with Gasteiger partial charge in [0.05, 0.1) is 23.4 Å². The highest BCUT2D eigenvalue weighted by Gasteiger charge is 2.36. The van der Waals surface area contributed by atoms with Crippen LogP contribution in [0.15, 0.2) is 46.9 Å². The number of carbonyl (C=O) groups excluding carboxylic acids is 2. The highest BCUT2D eigenvalue weighted by Crippen LogP contribution is 2.33. The number of carbonyl (C=O) groups is 3. The summed E-state index contributed by atoms with van der Waals surface area (Å²) in [6.45, 7) is 0.0382. The highest BCUT2D eigenvalue weighted by atomic mass is 79.9. The van der Waals surface area contributed by atoms with Crippen molar-refractivity contribution in [1.29, 1.82) is 0 Å². The molecule has 6 heteroatoms. The summed E-state index contributed by atoms with van der Waals surface area (Å²) in [5.41, 5.74) is 1.42. The molecule has 22 heavy (non-hydrogen) atoms. The van der Waals surface area contributed by atoms with Crippen molar-refractivity contribution in [3.63, 3.8) is 0 Å². The predicted molar refractivity (Wildman–Crippen MR) is 83.1 cm³/mol. The third-order valence-corrected chi connectivity index (χ3v) is 4.00. The quantitative estimate of drug-likeness (QED) is 0.855. The third-order valence-electron chi connectivity index (χ3n) is 3.51. The number of benzene rings is 2. The summed E-state index contributed by atoms with van der Waals surface area (Å²) < 4.78 is 0.741. The Balaban J connectivity index is 2.04. The molecule has 0 radical (unpaired) electrons. The molecule has 0 saturated heterocycles. The Morgan fingerprint density at radius 3 is 2.59 bits per heavy atom. The summed E-state index contributed by atoms with van der Waals surface area (Å²) in [5, 5.41) is 9.22. The minimum absolute atomic E-state index is 0.0382. The number of hydrogen-bond donors (Lipinski definition) is 1. The fraction of sp³-hybridized carbons (Fsp3) is 0.0625. The fourth-order valence-electron chi connectivity index (χ4n) is 2.46. The maximum Gasteiger partial charge on any atom is 0.336 e. The van der Waals surface area contributed by atoms with Gasteiger partial charge >= 0.3 is 5.97 Å². The molecule has 3 rings (SSSR count). The molecular formula is C16H10BrNO4. The standard InChI is InChI=1S/C16H10BrNO4/c17-10-5-6-12-13(7-10)18(15(20)14(12)19)8-9-3-1-2-4-11(9)16(21)22/h1-7H,8H2,(H,21,22). The zero-order chi connectivity index (χ0) is 15.9. The largest absolute Gasteiger partial charge is 0.478 e. The van der Waals surface area contributed by atoms with Crippen molar-refractivity contribution >= 4 is 39.3 Å². The topological polar surface area (TPSA) is 74.7 Å². The molecule has 110 valence electrons. The number of ketones is 1.